The molecule has 1 aromatic heterocycles. The van der Waals surface area contributed by atoms with Gasteiger partial charge in [-0.05, 0) is 24.6 Å². The Morgan fingerprint density at radius 1 is 1.27 bits per heavy atom. The summed E-state index contributed by atoms with van der Waals surface area (Å²) < 4.78 is 5.35. The summed E-state index contributed by atoms with van der Waals surface area (Å²) in [6.45, 7) is 0. The number of nitrogens with one attached hydrogen (secondary N) is 1. The van der Waals surface area contributed by atoms with Gasteiger partial charge < -0.3 is 9.72 Å². The fourth-order valence-electron chi connectivity index (χ4n) is 1.92. The Morgan fingerprint density at radius 3 is 3.13 bits per heavy atom. The van der Waals surface area contributed by atoms with E-state index in [4.69, 9.17) is 4.74 Å². The van der Waals surface area contributed by atoms with Gasteiger partial charge >= 0.3 is 0 Å². The second-order valence-corrected chi connectivity index (χ2v) is 3.50. The molecule has 0 unspecified atom stereocenters. The van der Waals surface area contributed by atoms with Gasteiger partial charge in [0.05, 0.1) is 11.6 Å². The van der Waals surface area contributed by atoms with Gasteiger partial charge in [-0.3, -0.25) is 4.79 Å². The van der Waals surface area contributed by atoms with E-state index >= 15 is 0 Å². The summed E-state index contributed by atoms with van der Waals surface area (Å²) in [5.41, 5.74) is 1.87. The molecule has 3 nitrogen and oxygen atoms in total. The maximum atomic E-state index is 11.8. The lowest BCUT2D eigenvalue weighted by molar-refractivity contribution is 0.466. The number of H-pyrrole nitrogens is 1. The molecule has 0 amide bonds. The van der Waals surface area contributed by atoms with Crippen molar-refractivity contribution in [2.75, 3.05) is 0 Å². The molecule has 2 aromatic rings. The van der Waals surface area contributed by atoms with E-state index in [-0.39, 0.29) is 5.43 Å². The second-order valence-electron chi connectivity index (χ2n) is 3.50. The molecule has 15 heavy (non-hydrogen) atoms. The van der Waals surface area contributed by atoms with Gasteiger partial charge in [-0.25, -0.2) is 0 Å². The van der Waals surface area contributed by atoms with Crippen LogP contribution in [0.3, 0.4) is 0 Å². The van der Waals surface area contributed by atoms with Crippen molar-refractivity contribution in [2.45, 2.75) is 6.42 Å². The Labute approximate surface area is 86.0 Å². The van der Waals surface area contributed by atoms with Gasteiger partial charge in [0.25, 0.3) is 0 Å². The highest BCUT2D eigenvalue weighted by Crippen LogP contribution is 2.28. The van der Waals surface area contributed by atoms with Crippen LogP contribution < -0.4 is 10.2 Å². The first kappa shape index (κ1) is 8.29. The van der Waals surface area contributed by atoms with Crippen LogP contribution in [0.5, 0.6) is 5.75 Å². The van der Waals surface area contributed by atoms with E-state index in [1.165, 1.54) is 0 Å². The minimum atomic E-state index is 0.0412. The van der Waals surface area contributed by atoms with Crippen molar-refractivity contribution in [3.63, 3.8) is 0 Å². The predicted molar refractivity (Wildman–Crippen MR) is 58.0 cm³/mol. The fourth-order valence-corrected chi connectivity index (χ4v) is 1.92. The first-order valence-electron chi connectivity index (χ1n) is 4.81. The molecule has 74 valence electrons. The van der Waals surface area contributed by atoms with Crippen molar-refractivity contribution in [2.24, 2.45) is 0 Å². The average molecular weight is 199 g/mol. The molecule has 1 aromatic carbocycles. The largest absolute Gasteiger partial charge is 0.465 e. The van der Waals surface area contributed by atoms with E-state index in [2.05, 4.69) is 4.98 Å². The molecule has 0 fully saturated rings. The molecule has 0 saturated carbocycles. The van der Waals surface area contributed by atoms with Crippen molar-refractivity contribution >= 4 is 10.9 Å². The van der Waals surface area contributed by atoms with Gasteiger partial charge in [0.1, 0.15) is 5.75 Å². The number of hydrogen-bond donors (Lipinski definition) is 1. The number of fused-ring (bicyclic) bond motifs is 3. The third-order valence-electron chi connectivity index (χ3n) is 2.60. The Bertz CT molecular complexity index is 611. The van der Waals surface area contributed by atoms with E-state index in [9.17, 15) is 4.79 Å². The van der Waals surface area contributed by atoms with Crippen molar-refractivity contribution in [3.05, 3.63) is 52.5 Å². The summed E-state index contributed by atoms with van der Waals surface area (Å²) in [5, 5.41) is 0.736. The molecular weight excluding hydrogens is 190 g/mol. The zero-order chi connectivity index (χ0) is 10.3. The van der Waals surface area contributed by atoms with Crippen molar-refractivity contribution in [1.29, 1.82) is 0 Å². The zero-order valence-electron chi connectivity index (χ0n) is 7.99. The van der Waals surface area contributed by atoms with Crippen LogP contribution in [-0.4, -0.2) is 4.98 Å². The number of benzene rings is 1. The number of allylic oxidation sites excluding steroid dienone is 1. The van der Waals surface area contributed by atoms with Crippen molar-refractivity contribution in [3.8, 4) is 5.75 Å². The third kappa shape index (κ3) is 1.16. The van der Waals surface area contributed by atoms with Gasteiger partial charge in [-0.1, -0.05) is 0 Å². The highest BCUT2D eigenvalue weighted by Gasteiger charge is 2.12. The monoisotopic (exact) mass is 199 g/mol. The summed E-state index contributed by atoms with van der Waals surface area (Å²) in [6, 6.07) is 5.30. The number of aromatic amines is 1. The van der Waals surface area contributed by atoms with Crippen LogP contribution in [-0.2, 0) is 6.42 Å². The van der Waals surface area contributed by atoms with Gasteiger partial charge in [-0.2, -0.15) is 0 Å². The first-order chi connectivity index (χ1) is 7.36. The van der Waals surface area contributed by atoms with Gasteiger partial charge in [0.15, 0.2) is 5.43 Å². The smallest absolute Gasteiger partial charge is 0.189 e. The van der Waals surface area contributed by atoms with Crippen molar-refractivity contribution in [1.82, 2.24) is 4.98 Å². The van der Waals surface area contributed by atoms with Gasteiger partial charge in [-0.15, -0.1) is 0 Å². The minimum absolute atomic E-state index is 0.0412. The van der Waals surface area contributed by atoms with E-state index in [0.717, 1.165) is 28.6 Å². The number of hydrogen-bond acceptors (Lipinski definition) is 2. The number of rotatable bonds is 0. The van der Waals surface area contributed by atoms with E-state index in [0.29, 0.717) is 0 Å². The highest BCUT2D eigenvalue weighted by atomic mass is 16.5. The van der Waals surface area contributed by atoms with Gasteiger partial charge in [0.2, 0.25) is 0 Å². The predicted octanol–water partition coefficient (Wildman–Crippen LogP) is 1.98. The van der Waals surface area contributed by atoms with E-state index < -0.39 is 0 Å². The van der Waals surface area contributed by atoms with Gasteiger partial charge in [0, 0.05) is 23.3 Å². The summed E-state index contributed by atoms with van der Waals surface area (Å²) in [5.74, 6) is 0.779. The van der Waals surface area contributed by atoms with Crippen LogP contribution in [0.4, 0.5) is 0 Å². The third-order valence-corrected chi connectivity index (χ3v) is 2.60. The second kappa shape index (κ2) is 2.98. The zero-order valence-corrected chi connectivity index (χ0v) is 7.99. The topological polar surface area (TPSA) is 42.1 Å². The lowest BCUT2D eigenvalue weighted by atomic mass is 10.0. The molecule has 0 aliphatic carbocycles. The minimum Gasteiger partial charge on any atom is -0.465 e. The van der Waals surface area contributed by atoms with E-state index in [1.807, 2.05) is 18.2 Å². The van der Waals surface area contributed by atoms with Crippen LogP contribution in [0.2, 0.25) is 0 Å². The highest BCUT2D eigenvalue weighted by molar-refractivity contribution is 5.84. The van der Waals surface area contributed by atoms with E-state index in [1.54, 1.807) is 18.5 Å². The summed E-state index contributed by atoms with van der Waals surface area (Å²) in [6.07, 6.45) is 5.98. The SMILES string of the molecule is O=c1cc[nH]c2ccc3c(c12)CC=CO3. The summed E-state index contributed by atoms with van der Waals surface area (Å²) >= 11 is 0. The number of ether oxygens (including phenoxy) is 1. The van der Waals surface area contributed by atoms with Crippen LogP contribution in [0, 0.1) is 0 Å². The Kier molecular flexibility index (Phi) is 1.65. The van der Waals surface area contributed by atoms with Crippen LogP contribution in [0.25, 0.3) is 10.9 Å². The summed E-state index contributed by atoms with van der Waals surface area (Å²) in [4.78, 5) is 14.8. The lowest BCUT2D eigenvalue weighted by Crippen LogP contribution is -2.06. The molecule has 0 radical (unpaired) electrons. The fraction of sp³-hybridized carbons (Fsp3) is 0.0833. The molecule has 0 spiro atoms. The molecule has 0 atom stereocenters. The maximum Gasteiger partial charge on any atom is 0.189 e. The number of pyridine rings is 1. The molecular formula is C12H9NO2. The molecule has 0 bridgehead atoms. The molecule has 0 saturated heterocycles. The van der Waals surface area contributed by atoms with Crippen LogP contribution in [0.1, 0.15) is 5.56 Å². The first-order valence-corrected chi connectivity index (χ1v) is 4.81. The standard InChI is InChI=1S/C12H9NO2/c14-10-5-6-13-9-3-4-11-8(12(9)10)2-1-7-15-11/h1,3-7H,2H2,(H,13,14). The molecule has 1 aliphatic rings. The number of aromatic nitrogens is 1. The Hall–Kier alpha value is -2.03. The molecule has 3 rings (SSSR count). The lowest BCUT2D eigenvalue weighted by Gasteiger charge is -2.13. The van der Waals surface area contributed by atoms with Crippen molar-refractivity contribution < 1.29 is 4.74 Å². The average Bonchev–Trinajstić information content (AvgIpc) is 2.29. The molecule has 1 aliphatic heterocycles. The van der Waals surface area contributed by atoms with Crippen LogP contribution >= 0.6 is 0 Å². The molecule has 1 N–H and O–H groups in total. The summed E-state index contributed by atoms with van der Waals surface area (Å²) in [7, 11) is 0. The quantitative estimate of drug-likeness (QED) is 0.704. The Balaban J connectivity index is 2.47. The maximum absolute atomic E-state index is 11.8. The molecule has 2 heterocycles. The van der Waals surface area contributed by atoms with Crippen LogP contribution in [0.15, 0.2) is 41.5 Å². The normalized spacial score (nSPS) is 13.6. The Morgan fingerprint density at radius 2 is 2.20 bits per heavy atom. The molecule has 3 heteroatoms.